The number of carboxylic acids is 1. The third-order valence-corrected chi connectivity index (χ3v) is 9.16. The second-order valence-electron chi connectivity index (χ2n) is 12.5. The number of aryl methyl sites for hydroxylation is 4. The molecular formula is C36H35F3N2O8. The maximum atomic E-state index is 14.4. The maximum absolute atomic E-state index is 14.4. The van der Waals surface area contributed by atoms with Crippen LogP contribution in [0.25, 0.3) is 0 Å². The van der Waals surface area contributed by atoms with Gasteiger partial charge in [0.2, 0.25) is 11.7 Å². The lowest BCUT2D eigenvalue weighted by atomic mass is 9.90. The highest BCUT2D eigenvalue weighted by atomic mass is 19.2. The molecule has 49 heavy (non-hydrogen) atoms. The van der Waals surface area contributed by atoms with Gasteiger partial charge in [-0.2, -0.15) is 4.39 Å². The summed E-state index contributed by atoms with van der Waals surface area (Å²) in [7, 11) is 0. The van der Waals surface area contributed by atoms with Gasteiger partial charge in [0.05, 0.1) is 18.2 Å². The molecule has 10 nitrogen and oxygen atoms in total. The molecule has 0 spiro atoms. The van der Waals surface area contributed by atoms with Gasteiger partial charge in [-0.1, -0.05) is 18.2 Å². The van der Waals surface area contributed by atoms with Crippen molar-refractivity contribution in [2.45, 2.75) is 71.9 Å². The molecule has 13 heteroatoms. The summed E-state index contributed by atoms with van der Waals surface area (Å²) in [5.41, 5.74) is 4.59. The predicted octanol–water partition coefficient (Wildman–Crippen LogP) is 5.40. The number of rotatable bonds is 11. The fourth-order valence-electron chi connectivity index (χ4n) is 6.33. The summed E-state index contributed by atoms with van der Waals surface area (Å²) in [6.45, 7) is 5.85. The summed E-state index contributed by atoms with van der Waals surface area (Å²) in [5.74, 6) is -10.2. The van der Waals surface area contributed by atoms with E-state index in [0.29, 0.717) is 29.5 Å². The molecule has 5 rings (SSSR count). The molecule has 3 aromatic carbocycles. The maximum Gasteiger partial charge on any atom is 0.413 e. The Bertz CT molecular complexity index is 1830. The highest BCUT2D eigenvalue weighted by Crippen LogP contribution is 2.40. The summed E-state index contributed by atoms with van der Waals surface area (Å²) in [6, 6.07) is 7.19. The Hall–Kier alpha value is -5.20. The van der Waals surface area contributed by atoms with Crippen LogP contribution >= 0.6 is 0 Å². The first-order valence-corrected chi connectivity index (χ1v) is 15.7. The lowest BCUT2D eigenvalue weighted by molar-refractivity contribution is -0.142. The molecule has 2 heterocycles. The Morgan fingerprint density at radius 1 is 0.959 bits per heavy atom. The first-order chi connectivity index (χ1) is 23.2. The minimum Gasteiger partial charge on any atom is -0.481 e. The van der Waals surface area contributed by atoms with Gasteiger partial charge in [-0.15, -0.1) is 0 Å². The van der Waals surface area contributed by atoms with E-state index in [9.17, 15) is 42.3 Å². The normalized spacial score (nSPS) is 17.2. The average molecular weight is 681 g/mol. The number of carbonyl (C=O) groups is 5. The van der Waals surface area contributed by atoms with E-state index in [1.165, 1.54) is 11.8 Å². The van der Waals surface area contributed by atoms with Crippen molar-refractivity contribution in [1.82, 2.24) is 5.32 Å². The molecule has 0 saturated heterocycles. The lowest BCUT2D eigenvalue weighted by Crippen LogP contribution is -2.53. The highest BCUT2D eigenvalue weighted by Gasteiger charge is 2.44. The first-order valence-electron chi connectivity index (χ1n) is 15.7. The zero-order valence-corrected chi connectivity index (χ0v) is 27.3. The van der Waals surface area contributed by atoms with Crippen LogP contribution in [-0.2, 0) is 32.0 Å². The van der Waals surface area contributed by atoms with Gasteiger partial charge in [0.1, 0.15) is 18.4 Å². The van der Waals surface area contributed by atoms with Gasteiger partial charge in [-0.3, -0.25) is 24.1 Å². The van der Waals surface area contributed by atoms with Gasteiger partial charge in [0, 0.05) is 18.8 Å². The molecule has 0 aromatic heterocycles. The Balaban J connectivity index is 1.34. The first kappa shape index (κ1) is 35.1. The molecule has 2 aliphatic rings. The minimum absolute atomic E-state index is 0.0797. The molecule has 3 atom stereocenters. The van der Waals surface area contributed by atoms with Crippen LogP contribution in [0, 0.1) is 51.1 Å². The number of amides is 2. The highest BCUT2D eigenvalue weighted by molar-refractivity contribution is 6.08. The lowest BCUT2D eigenvalue weighted by Gasteiger charge is -2.28. The van der Waals surface area contributed by atoms with Crippen LogP contribution in [0.1, 0.15) is 52.6 Å². The number of anilines is 1. The second-order valence-corrected chi connectivity index (χ2v) is 12.5. The van der Waals surface area contributed by atoms with Gasteiger partial charge in [-0.25, -0.2) is 13.6 Å². The van der Waals surface area contributed by atoms with Crippen molar-refractivity contribution in [2.75, 3.05) is 11.5 Å². The van der Waals surface area contributed by atoms with Gasteiger partial charge >= 0.3 is 12.1 Å². The van der Waals surface area contributed by atoms with Gasteiger partial charge < -0.3 is 19.9 Å². The topological polar surface area (TPSA) is 139 Å². The van der Waals surface area contributed by atoms with Crippen LogP contribution in [0.2, 0.25) is 0 Å². The number of ether oxygens (including phenoxy) is 2. The van der Waals surface area contributed by atoms with Crippen molar-refractivity contribution >= 4 is 35.2 Å². The zero-order chi connectivity index (χ0) is 35.7. The molecule has 2 amide bonds. The number of hydrogen-bond acceptors (Lipinski definition) is 7. The molecule has 1 unspecified atom stereocenters. The second kappa shape index (κ2) is 14.1. The van der Waals surface area contributed by atoms with Crippen LogP contribution < -0.4 is 19.7 Å². The molecule has 3 aromatic rings. The Morgan fingerprint density at radius 3 is 2.31 bits per heavy atom. The standard InChI is InChI=1S/C36H35F3N2O8/c1-17-10-24(11-18(2)20(17)4)49-36(47)40-26-9-8-21-6-5-7-22-13-27(41(33(21)22)35(26)46)28(42)14-23(15-30(44)45)29(43)16-48-34-31(38)19(3)12-25(37)32(34)39/h5-7,10-12,23,26-27H,8-9,13-16H2,1-4H3,(H,40,47)(H,44,45)/t23?,26-,27-/m0/s1. The number of nitrogens with one attached hydrogen (secondary N) is 1. The number of nitrogens with zero attached hydrogens (tertiary/aromatic N) is 1. The monoisotopic (exact) mass is 680 g/mol. The van der Waals surface area contributed by atoms with Crippen LogP contribution in [0.4, 0.5) is 23.7 Å². The van der Waals surface area contributed by atoms with Gasteiger partial charge in [0.25, 0.3) is 0 Å². The molecule has 0 saturated carbocycles. The largest absolute Gasteiger partial charge is 0.481 e. The summed E-state index contributed by atoms with van der Waals surface area (Å²) >= 11 is 0. The van der Waals surface area contributed by atoms with E-state index >= 15 is 0 Å². The van der Waals surface area contributed by atoms with Crippen molar-refractivity contribution in [2.24, 2.45) is 5.92 Å². The van der Waals surface area contributed by atoms with Crippen molar-refractivity contribution < 1.29 is 51.7 Å². The van der Waals surface area contributed by atoms with E-state index in [2.05, 4.69) is 5.32 Å². The molecule has 2 N–H and O–H groups in total. The quantitative estimate of drug-likeness (QED) is 0.257. The van der Waals surface area contributed by atoms with Gasteiger partial charge in [0.15, 0.2) is 29.0 Å². The molecule has 2 aliphatic heterocycles. The summed E-state index contributed by atoms with van der Waals surface area (Å²) in [4.78, 5) is 66.9. The van der Waals surface area contributed by atoms with Crippen molar-refractivity contribution in [3.05, 3.63) is 87.2 Å². The zero-order valence-electron chi connectivity index (χ0n) is 27.3. The SMILES string of the molecule is Cc1cc(OC(=O)N[C@H]2CCc3cccc4c3N(C2=O)[C@H](C(=O)CC(CC(=O)O)C(=O)COc2c(F)c(C)cc(F)c2F)C4)cc(C)c1C. The summed E-state index contributed by atoms with van der Waals surface area (Å²) in [5, 5.41) is 12.1. The Morgan fingerprint density at radius 2 is 1.63 bits per heavy atom. The molecule has 0 bridgehead atoms. The van der Waals surface area contributed by atoms with E-state index in [4.69, 9.17) is 9.47 Å². The number of Topliss-reactive ketones (excluding diaryl/α,β-unsaturated/α-hetero) is 2. The summed E-state index contributed by atoms with van der Waals surface area (Å²) < 4.78 is 53.0. The number of carbonyl (C=O) groups excluding carboxylic acids is 4. The molecule has 0 radical (unpaired) electrons. The number of ketones is 2. The van der Waals surface area contributed by atoms with E-state index < -0.39 is 90.2 Å². The van der Waals surface area contributed by atoms with Crippen LogP contribution in [-0.4, -0.2) is 53.3 Å². The van der Waals surface area contributed by atoms with Gasteiger partial charge in [-0.05, 0) is 92.1 Å². The molecular weight excluding hydrogens is 645 g/mol. The molecule has 0 aliphatic carbocycles. The van der Waals surface area contributed by atoms with E-state index in [0.717, 1.165) is 22.3 Å². The number of hydrogen-bond donors (Lipinski definition) is 2. The third kappa shape index (κ3) is 7.30. The van der Waals surface area contributed by atoms with Crippen molar-refractivity contribution in [1.29, 1.82) is 0 Å². The number of para-hydroxylation sites is 1. The fourth-order valence-corrected chi connectivity index (χ4v) is 6.33. The number of carboxylic acid groups (broad SMARTS) is 1. The number of halogens is 3. The van der Waals surface area contributed by atoms with Crippen LogP contribution in [0.15, 0.2) is 36.4 Å². The number of aliphatic carboxylic acids is 1. The van der Waals surface area contributed by atoms with E-state index in [1.807, 2.05) is 26.8 Å². The molecule has 258 valence electrons. The predicted molar refractivity (Wildman–Crippen MR) is 170 cm³/mol. The smallest absolute Gasteiger partial charge is 0.413 e. The number of benzene rings is 3. The van der Waals surface area contributed by atoms with E-state index in [1.54, 1.807) is 24.3 Å². The average Bonchev–Trinajstić information content (AvgIpc) is 3.38. The minimum atomic E-state index is -1.66. The Labute approximate surface area is 280 Å². The Kier molecular flexibility index (Phi) is 10.1. The van der Waals surface area contributed by atoms with Crippen molar-refractivity contribution in [3.8, 4) is 11.5 Å². The van der Waals surface area contributed by atoms with Crippen LogP contribution in [0.5, 0.6) is 11.5 Å². The summed E-state index contributed by atoms with van der Waals surface area (Å²) in [6.07, 6.45) is -1.62. The van der Waals surface area contributed by atoms with E-state index in [-0.39, 0.29) is 18.4 Å². The molecule has 0 fully saturated rings. The van der Waals surface area contributed by atoms with Crippen molar-refractivity contribution in [3.63, 3.8) is 0 Å². The third-order valence-electron chi connectivity index (χ3n) is 9.16. The van der Waals surface area contributed by atoms with Crippen LogP contribution in [0.3, 0.4) is 0 Å². The fraction of sp³-hybridized carbons (Fsp3) is 0.361.